The number of ether oxygens (including phenoxy) is 1. The van der Waals surface area contributed by atoms with Crippen LogP contribution in [0.3, 0.4) is 0 Å². The Morgan fingerprint density at radius 3 is 2.77 bits per heavy atom. The number of nitrogens with zero attached hydrogens (tertiary/aromatic N) is 2. The fraction of sp³-hybridized carbons (Fsp3) is 0.478. The second-order valence-corrected chi connectivity index (χ2v) is 9.48. The third-order valence-corrected chi connectivity index (χ3v) is 7.08. The summed E-state index contributed by atoms with van der Waals surface area (Å²) < 4.78 is 17.9. The number of aliphatic imine (C=N–C) groups is 1. The van der Waals surface area contributed by atoms with Gasteiger partial charge in [-0.15, -0.1) is 0 Å². The van der Waals surface area contributed by atoms with Gasteiger partial charge in [-0.05, 0) is 49.1 Å². The molecule has 0 aliphatic heterocycles. The summed E-state index contributed by atoms with van der Waals surface area (Å²) in [5, 5.41) is 7.19. The molecule has 0 bridgehead atoms. The van der Waals surface area contributed by atoms with E-state index in [0.717, 1.165) is 54.4 Å². The number of benzene rings is 1. The summed E-state index contributed by atoms with van der Waals surface area (Å²) in [6.45, 7) is 3.14. The summed E-state index contributed by atoms with van der Waals surface area (Å²) in [7, 11) is 1.07. The molecule has 0 spiro atoms. The average molecular weight is 429 g/mol. The molecule has 1 fully saturated rings. The molecule has 0 amide bonds. The highest BCUT2D eigenvalue weighted by molar-refractivity contribution is 7.85. The van der Waals surface area contributed by atoms with Crippen molar-refractivity contribution in [2.75, 3.05) is 12.8 Å². The van der Waals surface area contributed by atoms with Crippen molar-refractivity contribution in [1.82, 2.24) is 15.6 Å². The fourth-order valence-corrected chi connectivity index (χ4v) is 5.02. The first kappa shape index (κ1) is 22.3. The molecule has 162 valence electrons. The Kier molecular flexibility index (Phi) is 8.68. The highest BCUT2D eigenvalue weighted by Crippen LogP contribution is 2.23. The van der Waals surface area contributed by atoms with Crippen molar-refractivity contribution in [3.05, 3.63) is 59.9 Å². The van der Waals surface area contributed by atoms with E-state index in [1.54, 1.807) is 13.2 Å². The van der Waals surface area contributed by atoms with Crippen LogP contribution in [0.1, 0.15) is 43.9 Å². The second kappa shape index (κ2) is 11.7. The number of hydrogen-bond donors (Lipinski definition) is 2. The number of guanidine groups is 1. The predicted octanol–water partition coefficient (Wildman–Crippen LogP) is 3.41. The van der Waals surface area contributed by atoms with Gasteiger partial charge < -0.3 is 15.4 Å². The monoisotopic (exact) mass is 428 g/mol. The third kappa shape index (κ3) is 6.83. The van der Waals surface area contributed by atoms with Gasteiger partial charge in [0.05, 0.1) is 5.69 Å². The van der Waals surface area contributed by atoms with Crippen LogP contribution in [0.4, 0.5) is 0 Å². The highest BCUT2D eigenvalue weighted by Gasteiger charge is 2.25. The van der Waals surface area contributed by atoms with E-state index in [1.807, 2.05) is 37.3 Å². The molecule has 1 heterocycles. The number of nitrogens with one attached hydrogen (secondary N) is 2. The van der Waals surface area contributed by atoms with E-state index in [4.69, 9.17) is 4.74 Å². The van der Waals surface area contributed by atoms with E-state index in [-0.39, 0.29) is 0 Å². The fourth-order valence-electron chi connectivity index (χ4n) is 3.67. The molecule has 2 N–H and O–H groups in total. The zero-order chi connectivity index (χ0) is 21.2. The summed E-state index contributed by atoms with van der Waals surface area (Å²) in [5.74, 6) is 2.36. The van der Waals surface area contributed by atoms with Crippen LogP contribution in [0.25, 0.3) is 0 Å². The Labute approximate surface area is 182 Å². The normalized spacial score (nSPS) is 20.4. The minimum atomic E-state index is -0.717. The molecule has 1 saturated carbocycles. The predicted molar refractivity (Wildman–Crippen MR) is 123 cm³/mol. The Hall–Kier alpha value is -2.41. The quantitative estimate of drug-likeness (QED) is 0.498. The third-order valence-electron chi connectivity index (χ3n) is 5.34. The lowest BCUT2D eigenvalue weighted by atomic mass is 9.95. The zero-order valence-electron chi connectivity index (χ0n) is 17.8. The van der Waals surface area contributed by atoms with Gasteiger partial charge in [-0.2, -0.15) is 0 Å². The van der Waals surface area contributed by atoms with Gasteiger partial charge in [-0.25, -0.2) is 0 Å². The van der Waals surface area contributed by atoms with Crippen molar-refractivity contribution in [2.45, 2.75) is 57.1 Å². The van der Waals surface area contributed by atoms with E-state index in [2.05, 4.69) is 32.7 Å². The van der Waals surface area contributed by atoms with Crippen LogP contribution in [0.2, 0.25) is 0 Å². The van der Waals surface area contributed by atoms with Crippen LogP contribution in [0.15, 0.2) is 53.7 Å². The molecule has 7 heteroatoms. The minimum absolute atomic E-state index is 0.304. The maximum Gasteiger partial charge on any atom is 0.191 e. The van der Waals surface area contributed by atoms with E-state index in [9.17, 15) is 4.21 Å². The largest absolute Gasteiger partial charge is 0.487 e. The van der Waals surface area contributed by atoms with Gasteiger partial charge in [0.1, 0.15) is 12.4 Å². The summed E-state index contributed by atoms with van der Waals surface area (Å²) in [4.78, 5) is 8.62. The molecule has 1 aromatic carbocycles. The van der Waals surface area contributed by atoms with Crippen molar-refractivity contribution in [2.24, 2.45) is 4.99 Å². The van der Waals surface area contributed by atoms with Crippen LogP contribution in [-0.2, 0) is 24.0 Å². The van der Waals surface area contributed by atoms with E-state index in [0.29, 0.717) is 24.4 Å². The molecule has 1 aromatic heterocycles. The first-order chi connectivity index (χ1) is 14.7. The lowest BCUT2D eigenvalue weighted by Gasteiger charge is -2.30. The molecular formula is C23H32N4O2S. The summed E-state index contributed by atoms with van der Waals surface area (Å²) in [6, 6.07) is 14.2. The molecule has 3 atom stereocenters. The molecule has 1 aliphatic carbocycles. The Morgan fingerprint density at radius 2 is 2.07 bits per heavy atom. The first-order valence-electron chi connectivity index (χ1n) is 10.6. The standard InChI is InChI=1S/C23H32N4O2S/c1-3-30(28)22-9-6-8-19(15-22)27-23(24-2)26-16-18-10-12-21(13-11-18)29-17-20-7-4-5-14-25-20/h4-5,7,10-14,19,22H,3,6,8-9,15-17H2,1-2H3,(H2,24,26,27). The van der Waals surface area contributed by atoms with Gasteiger partial charge >= 0.3 is 0 Å². The van der Waals surface area contributed by atoms with E-state index in [1.165, 1.54) is 0 Å². The smallest absolute Gasteiger partial charge is 0.191 e. The van der Waals surface area contributed by atoms with Crippen LogP contribution in [-0.4, -0.2) is 39.2 Å². The molecule has 0 saturated heterocycles. The highest BCUT2D eigenvalue weighted by atomic mass is 32.2. The van der Waals surface area contributed by atoms with Crippen molar-refractivity contribution < 1.29 is 8.95 Å². The molecule has 0 radical (unpaired) electrons. The molecule has 1 aliphatic rings. The molecule has 3 rings (SSSR count). The molecule has 30 heavy (non-hydrogen) atoms. The lowest BCUT2D eigenvalue weighted by molar-refractivity contribution is 0.301. The Morgan fingerprint density at radius 1 is 1.23 bits per heavy atom. The molecular weight excluding hydrogens is 396 g/mol. The van der Waals surface area contributed by atoms with Crippen LogP contribution < -0.4 is 15.4 Å². The maximum absolute atomic E-state index is 12.2. The minimum Gasteiger partial charge on any atom is -0.487 e. The Balaban J connectivity index is 1.45. The first-order valence-corrected chi connectivity index (χ1v) is 12.0. The summed E-state index contributed by atoms with van der Waals surface area (Å²) >= 11 is 0. The zero-order valence-corrected chi connectivity index (χ0v) is 18.7. The van der Waals surface area contributed by atoms with Gasteiger partial charge in [0.2, 0.25) is 0 Å². The molecule has 2 aromatic rings. The summed E-state index contributed by atoms with van der Waals surface area (Å²) in [5.41, 5.74) is 2.06. The van der Waals surface area contributed by atoms with Crippen molar-refractivity contribution in [3.63, 3.8) is 0 Å². The second-order valence-electron chi connectivity index (χ2n) is 7.48. The van der Waals surface area contributed by atoms with Gasteiger partial charge in [-0.3, -0.25) is 14.2 Å². The lowest BCUT2D eigenvalue weighted by Crippen LogP contribution is -2.46. The van der Waals surface area contributed by atoms with Gasteiger partial charge in [-0.1, -0.05) is 31.5 Å². The number of pyridine rings is 1. The van der Waals surface area contributed by atoms with Gasteiger partial charge in [0.25, 0.3) is 0 Å². The number of aromatic nitrogens is 1. The summed E-state index contributed by atoms with van der Waals surface area (Å²) in [6.07, 6.45) is 6.00. The number of rotatable bonds is 8. The topological polar surface area (TPSA) is 75.6 Å². The van der Waals surface area contributed by atoms with Crippen LogP contribution in [0.5, 0.6) is 5.75 Å². The van der Waals surface area contributed by atoms with Gasteiger partial charge in [0, 0.05) is 47.6 Å². The van der Waals surface area contributed by atoms with Crippen LogP contribution in [0, 0.1) is 0 Å². The average Bonchev–Trinajstić information content (AvgIpc) is 2.81. The number of hydrogen-bond acceptors (Lipinski definition) is 4. The van der Waals surface area contributed by atoms with Crippen molar-refractivity contribution in [1.29, 1.82) is 0 Å². The molecule has 6 nitrogen and oxygen atoms in total. The van der Waals surface area contributed by atoms with E-state index < -0.39 is 10.8 Å². The molecule has 3 unspecified atom stereocenters. The van der Waals surface area contributed by atoms with Crippen molar-refractivity contribution in [3.8, 4) is 5.75 Å². The van der Waals surface area contributed by atoms with E-state index >= 15 is 0 Å². The van der Waals surface area contributed by atoms with Crippen LogP contribution >= 0.6 is 0 Å². The SMILES string of the molecule is CCS(=O)C1CCCC(NC(=NC)NCc2ccc(OCc3ccccn3)cc2)C1. The van der Waals surface area contributed by atoms with Gasteiger partial charge in [0.15, 0.2) is 5.96 Å². The maximum atomic E-state index is 12.2. The Bertz CT molecular complexity index is 827. The van der Waals surface area contributed by atoms with Crippen molar-refractivity contribution >= 4 is 16.8 Å².